The highest BCUT2D eigenvalue weighted by Crippen LogP contribution is 2.31. The van der Waals surface area contributed by atoms with Crippen LogP contribution in [0.2, 0.25) is 0 Å². The van der Waals surface area contributed by atoms with Crippen molar-refractivity contribution in [3.63, 3.8) is 0 Å². The number of aryl methyl sites for hydroxylation is 1. The SMILES string of the molecule is Cc1noc(C2CCCCN2Cc2ccc(C(=O)Nc3cnns3)cc2)n1. The topological polar surface area (TPSA) is 97.0 Å². The monoisotopic (exact) mass is 384 g/mol. The standard InChI is InChI=1S/C18H20N6O2S/c1-12-20-18(26-22-12)15-4-2-3-9-24(15)11-13-5-7-14(8-6-13)17(25)21-16-10-19-23-27-16/h5-8,10,15H,2-4,9,11H2,1H3,(H,21,25). The van der Waals surface area contributed by atoms with Gasteiger partial charge >= 0.3 is 0 Å². The van der Waals surface area contributed by atoms with Gasteiger partial charge in [0.05, 0.1) is 12.2 Å². The third-order valence-electron chi connectivity index (χ3n) is 4.64. The first-order chi connectivity index (χ1) is 13.2. The molecule has 1 aromatic carbocycles. The number of carbonyl (C=O) groups excluding carboxylic acids is 1. The van der Waals surface area contributed by atoms with Crippen LogP contribution in [0.4, 0.5) is 5.00 Å². The molecule has 1 unspecified atom stereocenters. The van der Waals surface area contributed by atoms with Crippen LogP contribution in [0.15, 0.2) is 35.0 Å². The molecule has 9 heteroatoms. The first-order valence-electron chi connectivity index (χ1n) is 8.91. The lowest BCUT2D eigenvalue weighted by molar-refractivity contribution is 0.102. The molecule has 1 amide bonds. The lowest BCUT2D eigenvalue weighted by Crippen LogP contribution is -2.33. The fourth-order valence-electron chi connectivity index (χ4n) is 3.31. The van der Waals surface area contributed by atoms with Gasteiger partial charge in [-0.1, -0.05) is 28.2 Å². The third kappa shape index (κ3) is 4.20. The number of aromatic nitrogens is 4. The Bertz CT molecular complexity index is 893. The van der Waals surface area contributed by atoms with E-state index in [4.69, 9.17) is 4.52 Å². The molecule has 140 valence electrons. The van der Waals surface area contributed by atoms with E-state index < -0.39 is 0 Å². The zero-order valence-electron chi connectivity index (χ0n) is 15.0. The van der Waals surface area contributed by atoms with Crippen molar-refractivity contribution < 1.29 is 9.32 Å². The Balaban J connectivity index is 1.43. The number of benzene rings is 1. The molecule has 1 N–H and O–H groups in total. The molecular weight excluding hydrogens is 364 g/mol. The summed E-state index contributed by atoms with van der Waals surface area (Å²) in [6.07, 6.45) is 4.87. The molecule has 2 aromatic heterocycles. The number of nitrogens with zero attached hydrogens (tertiary/aromatic N) is 5. The zero-order valence-corrected chi connectivity index (χ0v) is 15.8. The Morgan fingerprint density at radius 2 is 2.19 bits per heavy atom. The van der Waals surface area contributed by atoms with Crippen molar-refractivity contribution >= 4 is 22.4 Å². The highest BCUT2D eigenvalue weighted by atomic mass is 32.1. The Morgan fingerprint density at radius 3 is 2.89 bits per heavy atom. The normalized spacial score (nSPS) is 17.7. The summed E-state index contributed by atoms with van der Waals surface area (Å²) < 4.78 is 9.14. The van der Waals surface area contributed by atoms with Crippen LogP contribution in [0.25, 0.3) is 0 Å². The first-order valence-corrected chi connectivity index (χ1v) is 9.68. The van der Waals surface area contributed by atoms with Gasteiger partial charge < -0.3 is 9.84 Å². The van der Waals surface area contributed by atoms with Crippen LogP contribution in [0.5, 0.6) is 0 Å². The smallest absolute Gasteiger partial charge is 0.256 e. The Morgan fingerprint density at radius 1 is 1.33 bits per heavy atom. The van der Waals surface area contributed by atoms with Gasteiger partial charge in [0.2, 0.25) is 5.89 Å². The Labute approximate surface area is 160 Å². The second kappa shape index (κ2) is 7.93. The summed E-state index contributed by atoms with van der Waals surface area (Å²) in [7, 11) is 0. The molecular formula is C18H20N6O2S. The second-order valence-electron chi connectivity index (χ2n) is 6.59. The Hall–Kier alpha value is -2.65. The number of nitrogens with one attached hydrogen (secondary N) is 1. The summed E-state index contributed by atoms with van der Waals surface area (Å²) in [5, 5.41) is 11.1. The highest BCUT2D eigenvalue weighted by molar-refractivity contribution is 7.10. The largest absolute Gasteiger partial charge is 0.338 e. The predicted molar refractivity (Wildman–Crippen MR) is 100 cm³/mol. The number of hydrogen-bond acceptors (Lipinski definition) is 8. The molecule has 0 radical (unpaired) electrons. The molecule has 3 heterocycles. The maximum atomic E-state index is 12.3. The van der Waals surface area contributed by atoms with Gasteiger partial charge in [0.1, 0.15) is 5.00 Å². The minimum Gasteiger partial charge on any atom is -0.338 e. The number of amides is 1. The van der Waals surface area contributed by atoms with Gasteiger partial charge in [-0.2, -0.15) is 4.98 Å². The van der Waals surface area contributed by atoms with Gasteiger partial charge in [-0.3, -0.25) is 9.69 Å². The van der Waals surface area contributed by atoms with E-state index in [2.05, 4.69) is 29.9 Å². The number of hydrogen-bond donors (Lipinski definition) is 1. The average molecular weight is 384 g/mol. The molecule has 0 aliphatic carbocycles. The molecule has 1 fully saturated rings. The van der Waals surface area contributed by atoms with Gasteiger partial charge in [0.15, 0.2) is 5.82 Å². The van der Waals surface area contributed by atoms with Crippen molar-refractivity contribution in [2.24, 2.45) is 0 Å². The quantitative estimate of drug-likeness (QED) is 0.721. The van der Waals surface area contributed by atoms with Gasteiger partial charge in [-0.25, -0.2) is 0 Å². The maximum absolute atomic E-state index is 12.3. The van der Waals surface area contributed by atoms with E-state index in [9.17, 15) is 4.79 Å². The Kier molecular flexibility index (Phi) is 5.21. The van der Waals surface area contributed by atoms with Crippen LogP contribution < -0.4 is 5.32 Å². The fraction of sp³-hybridized carbons (Fsp3) is 0.389. The number of piperidine rings is 1. The second-order valence-corrected chi connectivity index (χ2v) is 7.38. The molecule has 1 aliphatic heterocycles. The molecule has 4 rings (SSSR count). The van der Waals surface area contributed by atoms with Gasteiger partial charge in [-0.05, 0) is 44.0 Å². The lowest BCUT2D eigenvalue weighted by Gasteiger charge is -2.33. The minimum absolute atomic E-state index is 0.154. The van der Waals surface area contributed by atoms with E-state index >= 15 is 0 Å². The first kappa shape index (κ1) is 17.7. The van der Waals surface area contributed by atoms with E-state index in [0.717, 1.165) is 49.4 Å². The number of anilines is 1. The molecule has 0 bridgehead atoms. The number of likely N-dealkylation sites (tertiary alicyclic amines) is 1. The van der Waals surface area contributed by atoms with Gasteiger partial charge in [0, 0.05) is 23.6 Å². The minimum atomic E-state index is -0.162. The van der Waals surface area contributed by atoms with E-state index in [-0.39, 0.29) is 11.9 Å². The van der Waals surface area contributed by atoms with E-state index in [1.807, 2.05) is 31.2 Å². The summed E-state index contributed by atoms with van der Waals surface area (Å²) in [5.41, 5.74) is 1.75. The highest BCUT2D eigenvalue weighted by Gasteiger charge is 2.28. The van der Waals surface area contributed by atoms with Crippen molar-refractivity contribution in [2.75, 3.05) is 11.9 Å². The van der Waals surface area contributed by atoms with Crippen molar-refractivity contribution in [2.45, 2.75) is 38.8 Å². The van der Waals surface area contributed by atoms with Crippen molar-refractivity contribution in [3.8, 4) is 0 Å². The summed E-state index contributed by atoms with van der Waals surface area (Å²) in [5.74, 6) is 1.20. The molecule has 3 aromatic rings. The molecule has 27 heavy (non-hydrogen) atoms. The summed E-state index contributed by atoms with van der Waals surface area (Å²) in [6, 6.07) is 7.82. The molecule has 1 atom stereocenters. The van der Waals surface area contributed by atoms with E-state index in [1.54, 1.807) is 0 Å². The molecule has 8 nitrogen and oxygen atoms in total. The summed E-state index contributed by atoms with van der Waals surface area (Å²) >= 11 is 1.15. The van der Waals surface area contributed by atoms with Crippen LogP contribution in [-0.4, -0.2) is 37.1 Å². The van der Waals surface area contributed by atoms with E-state index in [0.29, 0.717) is 22.3 Å². The maximum Gasteiger partial charge on any atom is 0.256 e. The molecule has 1 aliphatic rings. The van der Waals surface area contributed by atoms with Crippen LogP contribution in [0.1, 0.15) is 52.9 Å². The zero-order chi connectivity index (χ0) is 18.6. The number of carbonyl (C=O) groups is 1. The van der Waals surface area contributed by atoms with Crippen molar-refractivity contribution in [1.82, 2.24) is 24.6 Å². The van der Waals surface area contributed by atoms with Crippen LogP contribution in [0, 0.1) is 6.92 Å². The third-order valence-corrected chi connectivity index (χ3v) is 5.22. The fourth-order valence-corrected chi connectivity index (χ4v) is 3.73. The number of rotatable bonds is 5. The van der Waals surface area contributed by atoms with Gasteiger partial charge in [-0.15, -0.1) is 5.10 Å². The van der Waals surface area contributed by atoms with E-state index in [1.165, 1.54) is 6.20 Å². The summed E-state index contributed by atoms with van der Waals surface area (Å²) in [6.45, 7) is 3.62. The predicted octanol–water partition coefficient (Wildman–Crippen LogP) is 3.21. The molecule has 0 spiro atoms. The summed E-state index contributed by atoms with van der Waals surface area (Å²) in [4.78, 5) is 19.0. The van der Waals surface area contributed by atoms with Crippen molar-refractivity contribution in [3.05, 3.63) is 53.3 Å². The molecule has 1 saturated heterocycles. The average Bonchev–Trinajstić information content (AvgIpc) is 3.34. The van der Waals surface area contributed by atoms with Crippen LogP contribution in [-0.2, 0) is 6.54 Å². The van der Waals surface area contributed by atoms with Gasteiger partial charge in [0.25, 0.3) is 5.91 Å². The lowest BCUT2D eigenvalue weighted by atomic mass is 10.0. The van der Waals surface area contributed by atoms with Crippen molar-refractivity contribution in [1.29, 1.82) is 0 Å². The van der Waals surface area contributed by atoms with Crippen LogP contribution >= 0.6 is 11.5 Å². The molecule has 0 saturated carbocycles. The van der Waals surface area contributed by atoms with Crippen LogP contribution in [0.3, 0.4) is 0 Å².